The lowest BCUT2D eigenvalue weighted by Gasteiger charge is -2.31. The van der Waals surface area contributed by atoms with E-state index in [0.29, 0.717) is 5.75 Å². The van der Waals surface area contributed by atoms with Crippen molar-refractivity contribution in [3.8, 4) is 5.75 Å². The normalized spacial score (nSPS) is 24.6. The van der Waals surface area contributed by atoms with E-state index in [1.54, 1.807) is 65.0 Å². The van der Waals surface area contributed by atoms with Crippen molar-refractivity contribution in [2.24, 2.45) is 5.92 Å². The number of ether oxygens (including phenoxy) is 3. The molecule has 13 nitrogen and oxygen atoms in total. The molecule has 1 saturated heterocycles. The van der Waals surface area contributed by atoms with Crippen LogP contribution in [0.3, 0.4) is 0 Å². The summed E-state index contributed by atoms with van der Waals surface area (Å²) in [6, 6.07) is 8.75. The van der Waals surface area contributed by atoms with Crippen LogP contribution in [0.4, 0.5) is 0 Å². The van der Waals surface area contributed by atoms with Crippen LogP contribution >= 0.6 is 6.64 Å². The van der Waals surface area contributed by atoms with Crippen LogP contribution in [0.5, 0.6) is 5.75 Å². The van der Waals surface area contributed by atoms with Gasteiger partial charge >= 0.3 is 24.3 Å². The summed E-state index contributed by atoms with van der Waals surface area (Å²) in [5.41, 5.74) is -3.41. The molecule has 1 fully saturated rings. The van der Waals surface area contributed by atoms with Gasteiger partial charge in [-0.05, 0) is 51.6 Å². The van der Waals surface area contributed by atoms with Gasteiger partial charge in [-0.2, -0.15) is 0 Å². The van der Waals surface area contributed by atoms with E-state index < -0.39 is 65.8 Å². The highest BCUT2D eigenvalue weighted by Gasteiger charge is 2.57. The molecular weight excluding hydrogens is 577 g/mol. The second-order valence-electron chi connectivity index (χ2n) is 10.3. The van der Waals surface area contributed by atoms with Gasteiger partial charge in [-0.1, -0.05) is 32.0 Å². The number of hydrogen-bond donors (Lipinski definition) is 3. The topological polar surface area (TPSA) is 167 Å². The summed E-state index contributed by atoms with van der Waals surface area (Å²) in [6.07, 6.45) is -3.02. The van der Waals surface area contributed by atoms with Crippen molar-refractivity contribution in [1.82, 2.24) is 14.6 Å². The third-order valence-corrected chi connectivity index (χ3v) is 8.47. The fourth-order valence-corrected chi connectivity index (χ4v) is 6.36. The highest BCUT2D eigenvalue weighted by Crippen LogP contribution is 2.47. The molecule has 15 heteroatoms. The Morgan fingerprint density at radius 1 is 1.15 bits per heavy atom. The van der Waals surface area contributed by atoms with Gasteiger partial charge in [-0.25, -0.2) is 9.88 Å². The van der Waals surface area contributed by atoms with E-state index in [1.165, 1.54) is 6.92 Å². The minimum absolute atomic E-state index is 0.362. The average molecular weight is 614 g/mol. The zero-order chi connectivity index (χ0) is 30.5. The predicted molar refractivity (Wildman–Crippen MR) is 152 cm³/mol. The Morgan fingerprint density at radius 3 is 2.39 bits per heavy atom. The summed E-state index contributed by atoms with van der Waals surface area (Å²) in [4.78, 5) is 51.4. The molecule has 0 saturated carbocycles. The van der Waals surface area contributed by atoms with Gasteiger partial charge in [0.25, 0.3) is 5.56 Å². The van der Waals surface area contributed by atoms with E-state index in [2.05, 4.69) is 10.1 Å². The van der Waals surface area contributed by atoms with E-state index in [9.17, 15) is 24.3 Å². The van der Waals surface area contributed by atoms with Crippen LogP contribution in [0.15, 0.2) is 52.2 Å². The number of para-hydroxylation sites is 1. The maximum atomic E-state index is 12.6. The van der Waals surface area contributed by atoms with Crippen molar-refractivity contribution < 1.29 is 38.0 Å². The van der Waals surface area contributed by atoms with Crippen LogP contribution < -0.4 is 20.9 Å². The molecule has 1 aromatic carbocycles. The molecule has 1 aromatic heterocycles. The van der Waals surface area contributed by atoms with Gasteiger partial charge in [-0.3, -0.25) is 23.9 Å². The maximum absolute atomic E-state index is 12.6. The number of H-pyrrole nitrogens is 1. The third-order valence-electron chi connectivity index (χ3n) is 5.97. The molecule has 6 unspecified atom stereocenters. The number of carbonyl (C=O) groups is 2. The number of hydrogen-bond acceptors (Lipinski definition) is 11. The SMILES string of the molecule is CC(C)OC(=O)C(C)NP(=S)(OCC1OC(n2ccc(=O)[nH]c2=O)C(C)(O)C1OC(=O)C(C)C)Oc1ccccc1. The first-order valence-corrected chi connectivity index (χ1v) is 15.6. The predicted octanol–water partition coefficient (Wildman–Crippen LogP) is 2.00. The van der Waals surface area contributed by atoms with Gasteiger partial charge < -0.3 is 28.4 Å². The largest absolute Gasteiger partial charge is 0.462 e. The van der Waals surface area contributed by atoms with Crippen molar-refractivity contribution in [3.05, 3.63) is 63.4 Å². The monoisotopic (exact) mass is 613 g/mol. The summed E-state index contributed by atoms with van der Waals surface area (Å²) in [5.74, 6) is -1.37. The Kier molecular flexibility index (Phi) is 10.7. The lowest BCUT2D eigenvalue weighted by atomic mass is 9.96. The number of carbonyl (C=O) groups excluding carboxylic acids is 2. The van der Waals surface area contributed by atoms with Gasteiger partial charge in [0.15, 0.2) is 12.3 Å². The molecule has 0 radical (unpaired) electrons. The van der Waals surface area contributed by atoms with E-state index in [0.717, 1.165) is 16.8 Å². The van der Waals surface area contributed by atoms with Crippen molar-refractivity contribution in [2.45, 2.75) is 77.7 Å². The van der Waals surface area contributed by atoms with Crippen LogP contribution in [0, 0.1) is 5.92 Å². The molecule has 41 heavy (non-hydrogen) atoms. The maximum Gasteiger partial charge on any atom is 0.330 e. The van der Waals surface area contributed by atoms with Crippen LogP contribution in [0.2, 0.25) is 0 Å². The van der Waals surface area contributed by atoms with Crippen molar-refractivity contribution in [3.63, 3.8) is 0 Å². The first kappa shape index (κ1) is 32.6. The second kappa shape index (κ2) is 13.4. The lowest BCUT2D eigenvalue weighted by molar-refractivity contribution is -0.167. The molecule has 1 aliphatic rings. The van der Waals surface area contributed by atoms with Gasteiger partial charge in [0.1, 0.15) is 23.5 Å². The van der Waals surface area contributed by atoms with Crippen LogP contribution in [-0.2, 0) is 40.1 Å². The van der Waals surface area contributed by atoms with Crippen LogP contribution in [0.1, 0.15) is 47.8 Å². The quantitative estimate of drug-likeness (QED) is 0.236. The molecule has 3 rings (SSSR count). The minimum atomic E-state index is -3.51. The van der Waals surface area contributed by atoms with Gasteiger partial charge in [0.05, 0.1) is 18.6 Å². The Labute approximate surface area is 242 Å². The number of esters is 2. The second-order valence-corrected chi connectivity index (χ2v) is 13.5. The molecule has 1 aliphatic heterocycles. The van der Waals surface area contributed by atoms with Crippen LogP contribution in [-0.4, -0.2) is 63.2 Å². The number of benzene rings is 1. The molecule has 0 aliphatic carbocycles. The first-order valence-electron chi connectivity index (χ1n) is 13.0. The Hall–Kier alpha value is -2.87. The number of nitrogens with one attached hydrogen (secondary N) is 2. The fraction of sp³-hybridized carbons (Fsp3) is 0.538. The number of rotatable bonds is 12. The summed E-state index contributed by atoms with van der Waals surface area (Å²) < 4.78 is 29.9. The molecule has 2 heterocycles. The summed E-state index contributed by atoms with van der Waals surface area (Å²) in [6.45, 7) is 5.67. The number of aromatic nitrogens is 2. The fourth-order valence-electron chi connectivity index (χ4n) is 3.94. The average Bonchev–Trinajstić information content (AvgIpc) is 3.12. The van der Waals surface area contributed by atoms with Crippen molar-refractivity contribution >= 4 is 30.4 Å². The van der Waals surface area contributed by atoms with Crippen LogP contribution in [0.25, 0.3) is 0 Å². The standard InChI is InChI=1S/C26H36N3O10PS/c1-15(2)22(31)38-21-19(37-24(26(21,6)34)29-13-12-20(30)27-25(29)33)14-35-40(41,39-18-10-8-7-9-11-18)28-17(5)23(32)36-16(3)4/h7-13,15-17,19,21,24,34H,14H2,1-6H3,(H,28,41)(H,27,30,33). The molecule has 6 atom stereocenters. The smallest absolute Gasteiger partial charge is 0.330 e. The van der Waals surface area contributed by atoms with Crippen molar-refractivity contribution in [2.75, 3.05) is 6.61 Å². The first-order chi connectivity index (χ1) is 19.1. The Morgan fingerprint density at radius 2 is 1.80 bits per heavy atom. The minimum Gasteiger partial charge on any atom is -0.462 e. The van der Waals surface area contributed by atoms with E-state index in [4.69, 9.17) is 35.1 Å². The number of nitrogens with zero attached hydrogens (tertiary/aromatic N) is 1. The molecular formula is C26H36N3O10PS. The summed E-state index contributed by atoms with van der Waals surface area (Å²) >= 11 is 5.74. The zero-order valence-corrected chi connectivity index (χ0v) is 25.3. The van der Waals surface area contributed by atoms with E-state index in [-0.39, 0.29) is 12.7 Å². The number of aliphatic hydroxyl groups is 1. The zero-order valence-electron chi connectivity index (χ0n) is 23.6. The van der Waals surface area contributed by atoms with Gasteiger partial charge in [-0.15, -0.1) is 0 Å². The van der Waals surface area contributed by atoms with Crippen molar-refractivity contribution in [1.29, 1.82) is 0 Å². The third kappa shape index (κ3) is 8.34. The van der Waals surface area contributed by atoms with Gasteiger partial charge in [0.2, 0.25) is 0 Å². The molecule has 0 amide bonds. The molecule has 2 aromatic rings. The highest BCUT2D eigenvalue weighted by molar-refractivity contribution is 8.09. The summed E-state index contributed by atoms with van der Waals surface area (Å²) in [7, 11) is 0. The lowest BCUT2D eigenvalue weighted by Crippen LogP contribution is -2.49. The highest BCUT2D eigenvalue weighted by atomic mass is 32.5. The molecule has 0 bridgehead atoms. The van der Waals surface area contributed by atoms with E-state index >= 15 is 0 Å². The number of aromatic amines is 1. The molecule has 0 spiro atoms. The summed E-state index contributed by atoms with van der Waals surface area (Å²) in [5, 5.41) is 14.4. The molecule has 226 valence electrons. The Bertz CT molecular complexity index is 1380. The Balaban J connectivity index is 1.92. The van der Waals surface area contributed by atoms with Gasteiger partial charge in [0, 0.05) is 12.3 Å². The molecule has 3 N–H and O–H groups in total. The van der Waals surface area contributed by atoms with E-state index in [1.807, 2.05) is 0 Å².